The third-order valence-electron chi connectivity index (χ3n) is 3.50. The molecule has 0 radical (unpaired) electrons. The van der Waals surface area contributed by atoms with Crippen LogP contribution >= 0.6 is 0 Å². The summed E-state index contributed by atoms with van der Waals surface area (Å²) >= 11 is 0. The number of amides is 1. The van der Waals surface area contributed by atoms with Gasteiger partial charge in [-0.2, -0.15) is 0 Å². The maximum Gasteiger partial charge on any atom is 0.331 e. The molecule has 1 atom stereocenters. The van der Waals surface area contributed by atoms with Crippen LogP contribution in [0.25, 0.3) is 6.08 Å². The molecule has 1 amide bonds. The average Bonchev–Trinajstić information content (AvgIpc) is 3.05. The predicted octanol–water partition coefficient (Wildman–Crippen LogP) is 3.36. The number of rotatable bonds is 8. The Hall–Kier alpha value is -3.29. The van der Waals surface area contributed by atoms with Crippen molar-refractivity contribution in [2.75, 3.05) is 12.4 Å². The Morgan fingerprint density at radius 2 is 1.93 bits per heavy atom. The minimum absolute atomic E-state index is 0.0130. The van der Waals surface area contributed by atoms with Crippen LogP contribution in [0, 0.1) is 6.92 Å². The van der Waals surface area contributed by atoms with E-state index in [0.717, 1.165) is 5.56 Å². The van der Waals surface area contributed by atoms with Crippen molar-refractivity contribution in [3.8, 4) is 11.5 Å². The molecule has 150 valence electrons. The molecule has 28 heavy (non-hydrogen) atoms. The second kappa shape index (κ2) is 9.59. The van der Waals surface area contributed by atoms with Crippen molar-refractivity contribution < 1.29 is 28.3 Å². The number of hydrogen-bond donors (Lipinski definition) is 1. The van der Waals surface area contributed by atoms with Crippen molar-refractivity contribution in [2.24, 2.45) is 0 Å². The molecule has 2 aromatic rings. The molecule has 2 rings (SSSR count). The lowest BCUT2D eigenvalue weighted by molar-refractivity contribution is -0.148. The molecule has 8 heteroatoms. The van der Waals surface area contributed by atoms with Crippen LogP contribution in [-0.4, -0.2) is 36.4 Å². The number of aromatic nitrogens is 1. The van der Waals surface area contributed by atoms with Gasteiger partial charge >= 0.3 is 5.97 Å². The molecular weight excluding hydrogens is 364 g/mol. The molecule has 0 fully saturated rings. The number of ether oxygens (including phenoxy) is 3. The van der Waals surface area contributed by atoms with Crippen LogP contribution in [0.3, 0.4) is 0 Å². The maximum absolute atomic E-state index is 12.0. The summed E-state index contributed by atoms with van der Waals surface area (Å²) in [6.45, 7) is 7.01. The Kier molecular flexibility index (Phi) is 7.20. The third-order valence-corrected chi connectivity index (χ3v) is 3.50. The van der Waals surface area contributed by atoms with Gasteiger partial charge in [0.2, 0.25) is 0 Å². The van der Waals surface area contributed by atoms with Crippen molar-refractivity contribution >= 4 is 23.8 Å². The minimum atomic E-state index is -0.995. The van der Waals surface area contributed by atoms with E-state index in [2.05, 4.69) is 10.5 Å². The quantitative estimate of drug-likeness (QED) is 0.547. The number of nitrogens with zero attached hydrogens (tertiary/aromatic N) is 1. The number of nitrogens with one attached hydrogen (secondary N) is 1. The fourth-order valence-electron chi connectivity index (χ4n) is 2.22. The summed E-state index contributed by atoms with van der Waals surface area (Å²) in [5.41, 5.74) is 0.722. The number of hydrogen-bond acceptors (Lipinski definition) is 7. The Morgan fingerprint density at radius 3 is 2.54 bits per heavy atom. The first-order valence-electron chi connectivity index (χ1n) is 8.76. The van der Waals surface area contributed by atoms with Gasteiger partial charge in [-0.15, -0.1) is 0 Å². The normalized spacial score (nSPS) is 12.1. The van der Waals surface area contributed by atoms with Crippen molar-refractivity contribution in [3.05, 3.63) is 41.7 Å². The molecule has 0 saturated carbocycles. The van der Waals surface area contributed by atoms with Crippen LogP contribution in [0.1, 0.15) is 32.1 Å². The van der Waals surface area contributed by atoms with Gasteiger partial charge in [0.1, 0.15) is 5.76 Å². The van der Waals surface area contributed by atoms with E-state index < -0.39 is 18.0 Å². The molecule has 0 bridgehead atoms. The van der Waals surface area contributed by atoms with E-state index >= 15 is 0 Å². The standard InChI is InChI=1S/C20H24N2O6/c1-12(2)26-16-8-6-15(11-17(16)25-5)7-9-19(23)27-14(4)20(24)21-18-10-13(3)28-22-18/h6-12,14H,1-5H3,(H,21,22,24)/b9-7+/t14-/m1/s1. The number of carbonyl (C=O) groups excluding carboxylic acids is 2. The summed E-state index contributed by atoms with van der Waals surface area (Å²) in [7, 11) is 1.54. The third kappa shape index (κ3) is 6.15. The Balaban J connectivity index is 1.94. The monoisotopic (exact) mass is 388 g/mol. The van der Waals surface area contributed by atoms with Crippen molar-refractivity contribution in [1.29, 1.82) is 0 Å². The van der Waals surface area contributed by atoms with E-state index in [1.165, 1.54) is 13.0 Å². The molecule has 0 aliphatic heterocycles. The van der Waals surface area contributed by atoms with Gasteiger partial charge < -0.3 is 24.1 Å². The van der Waals surface area contributed by atoms with Crippen LogP contribution in [-0.2, 0) is 14.3 Å². The molecule has 1 aromatic carbocycles. The molecule has 0 aliphatic rings. The van der Waals surface area contributed by atoms with Gasteiger partial charge in [0.25, 0.3) is 5.91 Å². The van der Waals surface area contributed by atoms with Crippen LogP contribution < -0.4 is 14.8 Å². The van der Waals surface area contributed by atoms with E-state index in [0.29, 0.717) is 17.3 Å². The van der Waals surface area contributed by atoms with Gasteiger partial charge in [0.15, 0.2) is 23.4 Å². The topological polar surface area (TPSA) is 99.9 Å². The highest BCUT2D eigenvalue weighted by Crippen LogP contribution is 2.29. The molecule has 0 spiro atoms. The Morgan fingerprint density at radius 1 is 1.18 bits per heavy atom. The highest BCUT2D eigenvalue weighted by molar-refractivity contribution is 5.96. The number of anilines is 1. The van der Waals surface area contributed by atoms with Crippen LogP contribution in [0.5, 0.6) is 11.5 Å². The predicted molar refractivity (Wildman–Crippen MR) is 103 cm³/mol. The largest absolute Gasteiger partial charge is 0.493 e. The van der Waals surface area contributed by atoms with E-state index in [9.17, 15) is 9.59 Å². The SMILES string of the molecule is COc1cc(/C=C/C(=O)O[C@H](C)C(=O)Nc2cc(C)on2)ccc1OC(C)C. The fraction of sp³-hybridized carbons (Fsp3) is 0.350. The zero-order valence-electron chi connectivity index (χ0n) is 16.5. The second-order valence-electron chi connectivity index (χ2n) is 6.30. The maximum atomic E-state index is 12.0. The molecular formula is C20H24N2O6. The van der Waals surface area contributed by atoms with Crippen LogP contribution in [0.2, 0.25) is 0 Å². The molecule has 8 nitrogen and oxygen atoms in total. The van der Waals surface area contributed by atoms with E-state index in [1.54, 1.807) is 44.4 Å². The first-order valence-corrected chi connectivity index (χ1v) is 8.76. The minimum Gasteiger partial charge on any atom is -0.493 e. The summed E-state index contributed by atoms with van der Waals surface area (Å²) in [5.74, 6) is 0.831. The average molecular weight is 388 g/mol. The van der Waals surface area contributed by atoms with Gasteiger partial charge in [-0.1, -0.05) is 11.2 Å². The van der Waals surface area contributed by atoms with Crippen molar-refractivity contribution in [2.45, 2.75) is 39.9 Å². The lowest BCUT2D eigenvalue weighted by atomic mass is 10.2. The number of carbonyl (C=O) groups is 2. The molecule has 1 heterocycles. The van der Waals surface area contributed by atoms with Gasteiger partial charge in [0, 0.05) is 12.1 Å². The lowest BCUT2D eigenvalue weighted by Gasteiger charge is -2.13. The van der Waals surface area contributed by atoms with E-state index in [-0.39, 0.29) is 11.9 Å². The first kappa shape index (κ1) is 21.0. The van der Waals surface area contributed by atoms with Gasteiger partial charge in [-0.25, -0.2) is 4.79 Å². The van der Waals surface area contributed by atoms with Crippen LogP contribution in [0.15, 0.2) is 34.9 Å². The number of methoxy groups -OCH3 is 1. The van der Waals surface area contributed by atoms with Gasteiger partial charge in [0.05, 0.1) is 13.2 Å². The molecule has 0 unspecified atom stereocenters. The number of benzene rings is 1. The Labute approximate surface area is 163 Å². The summed E-state index contributed by atoms with van der Waals surface area (Å²) < 4.78 is 20.9. The zero-order chi connectivity index (χ0) is 20.7. The highest BCUT2D eigenvalue weighted by Gasteiger charge is 2.18. The zero-order valence-corrected chi connectivity index (χ0v) is 16.5. The fourth-order valence-corrected chi connectivity index (χ4v) is 2.22. The lowest BCUT2D eigenvalue weighted by Crippen LogP contribution is -2.29. The molecule has 1 N–H and O–H groups in total. The smallest absolute Gasteiger partial charge is 0.331 e. The number of esters is 1. The van der Waals surface area contributed by atoms with E-state index in [1.807, 2.05) is 13.8 Å². The van der Waals surface area contributed by atoms with Gasteiger partial charge in [-0.05, 0) is 51.5 Å². The van der Waals surface area contributed by atoms with Crippen molar-refractivity contribution in [3.63, 3.8) is 0 Å². The van der Waals surface area contributed by atoms with E-state index in [4.69, 9.17) is 18.7 Å². The summed E-state index contributed by atoms with van der Waals surface area (Å²) in [4.78, 5) is 24.0. The molecule has 1 aromatic heterocycles. The summed E-state index contributed by atoms with van der Waals surface area (Å²) in [6, 6.07) is 6.85. The van der Waals surface area contributed by atoms with Crippen LogP contribution in [0.4, 0.5) is 5.82 Å². The highest BCUT2D eigenvalue weighted by atomic mass is 16.5. The van der Waals surface area contributed by atoms with Crippen molar-refractivity contribution in [1.82, 2.24) is 5.16 Å². The summed E-state index contributed by atoms with van der Waals surface area (Å²) in [6.07, 6.45) is 1.82. The van der Waals surface area contributed by atoms with Gasteiger partial charge in [-0.3, -0.25) is 4.79 Å². The molecule has 0 aliphatic carbocycles. The second-order valence-corrected chi connectivity index (χ2v) is 6.30. The Bertz CT molecular complexity index is 856. The first-order chi connectivity index (χ1) is 13.3. The molecule has 0 saturated heterocycles. The summed E-state index contributed by atoms with van der Waals surface area (Å²) in [5, 5.41) is 6.15. The number of aryl methyl sites for hydroxylation is 1.